The summed E-state index contributed by atoms with van der Waals surface area (Å²) in [5.41, 5.74) is -2.03. The molecule has 0 spiro atoms. The van der Waals surface area contributed by atoms with Gasteiger partial charge in [0.1, 0.15) is 12.4 Å². The minimum absolute atomic E-state index is 0.00118. The Morgan fingerprint density at radius 1 is 1.30 bits per heavy atom. The molecule has 0 bridgehead atoms. The van der Waals surface area contributed by atoms with Gasteiger partial charge in [0.2, 0.25) is 0 Å². The van der Waals surface area contributed by atoms with Gasteiger partial charge in [-0.15, -0.1) is 0 Å². The van der Waals surface area contributed by atoms with Crippen LogP contribution in [-0.2, 0) is 10.9 Å². The van der Waals surface area contributed by atoms with Gasteiger partial charge in [0, 0.05) is 0 Å². The monoisotopic (exact) mass is 292 g/mol. The summed E-state index contributed by atoms with van der Waals surface area (Å²) in [6.45, 7) is 3.97. The van der Waals surface area contributed by atoms with Gasteiger partial charge in [0.15, 0.2) is 0 Å². The van der Waals surface area contributed by atoms with Crippen molar-refractivity contribution in [2.45, 2.75) is 26.1 Å². The molecule has 7 heteroatoms. The van der Waals surface area contributed by atoms with Crippen molar-refractivity contribution in [3.05, 3.63) is 29.3 Å². The van der Waals surface area contributed by atoms with E-state index in [9.17, 15) is 18.0 Å². The van der Waals surface area contributed by atoms with Crippen LogP contribution in [0.5, 0.6) is 5.75 Å². The van der Waals surface area contributed by atoms with Gasteiger partial charge in [0.05, 0.1) is 23.8 Å². The van der Waals surface area contributed by atoms with Gasteiger partial charge in [-0.1, -0.05) is 0 Å². The van der Waals surface area contributed by atoms with Crippen molar-refractivity contribution >= 4 is 5.97 Å². The van der Waals surface area contributed by atoms with Crippen molar-refractivity contribution in [2.24, 2.45) is 0 Å². The molecule has 0 amide bonds. The number of carbonyl (C=O) groups is 1. The molecule has 0 saturated heterocycles. The number of carboxylic acids is 1. The lowest BCUT2D eigenvalue weighted by atomic mass is 10.1. The predicted molar refractivity (Wildman–Crippen MR) is 65.0 cm³/mol. The van der Waals surface area contributed by atoms with Gasteiger partial charge < -0.3 is 14.6 Å². The van der Waals surface area contributed by atoms with Crippen LogP contribution in [0.1, 0.15) is 29.8 Å². The van der Waals surface area contributed by atoms with Crippen LogP contribution in [0.15, 0.2) is 18.2 Å². The Morgan fingerprint density at radius 3 is 2.45 bits per heavy atom. The smallest absolute Gasteiger partial charge is 0.417 e. The highest BCUT2D eigenvalue weighted by Crippen LogP contribution is 2.34. The fourth-order valence-corrected chi connectivity index (χ4v) is 1.48. The topological polar surface area (TPSA) is 55.8 Å². The van der Waals surface area contributed by atoms with Crippen LogP contribution >= 0.6 is 0 Å². The largest absolute Gasteiger partial charge is 0.491 e. The van der Waals surface area contributed by atoms with E-state index in [0.717, 1.165) is 6.07 Å². The summed E-state index contributed by atoms with van der Waals surface area (Å²) < 4.78 is 48.5. The second-order valence-electron chi connectivity index (χ2n) is 4.28. The summed E-state index contributed by atoms with van der Waals surface area (Å²) >= 11 is 0. The quantitative estimate of drug-likeness (QED) is 0.818. The molecule has 0 saturated carbocycles. The third-order valence-corrected chi connectivity index (χ3v) is 2.33. The van der Waals surface area contributed by atoms with Gasteiger partial charge >= 0.3 is 12.1 Å². The molecule has 0 aromatic heterocycles. The molecule has 0 aliphatic rings. The first-order valence-electron chi connectivity index (χ1n) is 5.90. The summed E-state index contributed by atoms with van der Waals surface area (Å²) in [6, 6.07) is 2.75. The highest BCUT2D eigenvalue weighted by atomic mass is 19.4. The summed E-state index contributed by atoms with van der Waals surface area (Å²) in [5, 5.41) is 8.73. The number of hydrogen-bond donors (Lipinski definition) is 1. The first-order valence-corrected chi connectivity index (χ1v) is 5.90. The van der Waals surface area contributed by atoms with E-state index in [1.54, 1.807) is 0 Å². The first-order chi connectivity index (χ1) is 9.21. The molecule has 1 rings (SSSR count). The van der Waals surface area contributed by atoms with Crippen molar-refractivity contribution in [3.63, 3.8) is 0 Å². The highest BCUT2D eigenvalue weighted by Gasteiger charge is 2.35. The SMILES string of the molecule is CC(C)OCCOc1ccc(C(=O)O)c(C(F)(F)F)c1. The molecule has 4 nitrogen and oxygen atoms in total. The average molecular weight is 292 g/mol. The number of hydrogen-bond acceptors (Lipinski definition) is 3. The van der Waals surface area contributed by atoms with Crippen molar-refractivity contribution in [1.82, 2.24) is 0 Å². The lowest BCUT2D eigenvalue weighted by molar-refractivity contribution is -0.138. The van der Waals surface area contributed by atoms with Crippen LogP contribution in [0.2, 0.25) is 0 Å². The Balaban J connectivity index is 2.83. The lowest BCUT2D eigenvalue weighted by Gasteiger charge is -2.13. The molecule has 1 N–H and O–H groups in total. The maximum Gasteiger partial charge on any atom is 0.417 e. The molecule has 0 unspecified atom stereocenters. The van der Waals surface area contributed by atoms with Crippen LogP contribution in [0.3, 0.4) is 0 Å². The van der Waals surface area contributed by atoms with Crippen molar-refractivity contribution < 1.29 is 32.5 Å². The third-order valence-electron chi connectivity index (χ3n) is 2.33. The Morgan fingerprint density at radius 2 is 1.95 bits per heavy atom. The second-order valence-corrected chi connectivity index (χ2v) is 4.28. The molecule has 0 fully saturated rings. The maximum atomic E-state index is 12.7. The van der Waals surface area contributed by atoms with E-state index in [2.05, 4.69) is 0 Å². The van der Waals surface area contributed by atoms with Crippen LogP contribution in [0.4, 0.5) is 13.2 Å². The highest BCUT2D eigenvalue weighted by molar-refractivity contribution is 5.89. The number of rotatable bonds is 6. The van der Waals surface area contributed by atoms with E-state index in [0.29, 0.717) is 6.07 Å². The minimum atomic E-state index is -4.75. The molecule has 20 heavy (non-hydrogen) atoms. The summed E-state index contributed by atoms with van der Waals surface area (Å²) in [6.07, 6.45) is -4.75. The number of halogens is 3. The average Bonchev–Trinajstić information content (AvgIpc) is 2.33. The molecule has 112 valence electrons. The van der Waals surface area contributed by atoms with E-state index in [4.69, 9.17) is 14.6 Å². The Hall–Kier alpha value is -1.76. The number of aromatic carboxylic acids is 1. The Labute approximate surface area is 114 Å². The molecule has 0 atom stereocenters. The Bertz CT molecular complexity index is 469. The zero-order valence-electron chi connectivity index (χ0n) is 11.0. The molecule has 0 aliphatic carbocycles. The van der Waals surface area contributed by atoms with Crippen molar-refractivity contribution in [3.8, 4) is 5.75 Å². The number of ether oxygens (including phenoxy) is 2. The van der Waals surface area contributed by atoms with E-state index < -0.39 is 23.3 Å². The molecular weight excluding hydrogens is 277 g/mol. The molecule has 0 aliphatic heterocycles. The van der Waals surface area contributed by atoms with E-state index in [1.807, 2.05) is 13.8 Å². The fraction of sp³-hybridized carbons (Fsp3) is 0.462. The van der Waals surface area contributed by atoms with Gasteiger partial charge in [0.25, 0.3) is 0 Å². The first kappa shape index (κ1) is 16.3. The summed E-state index contributed by atoms with van der Waals surface area (Å²) in [5.74, 6) is -1.68. The molecule has 1 aromatic rings. The van der Waals surface area contributed by atoms with E-state index in [1.165, 1.54) is 6.07 Å². The minimum Gasteiger partial charge on any atom is -0.491 e. The van der Waals surface area contributed by atoms with Crippen LogP contribution in [0.25, 0.3) is 0 Å². The second kappa shape index (κ2) is 6.60. The number of benzene rings is 1. The zero-order chi connectivity index (χ0) is 15.3. The number of alkyl halides is 3. The van der Waals surface area contributed by atoms with E-state index >= 15 is 0 Å². The van der Waals surface area contributed by atoms with Crippen molar-refractivity contribution in [1.29, 1.82) is 0 Å². The standard InChI is InChI=1S/C13H15F3O4/c1-8(2)19-5-6-20-9-3-4-10(12(17)18)11(7-9)13(14,15)16/h3-4,7-8H,5-6H2,1-2H3,(H,17,18). The van der Waals surface area contributed by atoms with E-state index in [-0.39, 0.29) is 25.1 Å². The summed E-state index contributed by atoms with van der Waals surface area (Å²) in [4.78, 5) is 10.8. The van der Waals surface area contributed by atoms with Crippen LogP contribution in [0, 0.1) is 0 Å². The normalized spacial score (nSPS) is 11.7. The molecule has 0 radical (unpaired) electrons. The fourth-order valence-electron chi connectivity index (χ4n) is 1.48. The predicted octanol–water partition coefficient (Wildman–Crippen LogP) is 3.21. The Kier molecular flexibility index (Phi) is 5.38. The molecule has 1 aromatic carbocycles. The summed E-state index contributed by atoms with van der Waals surface area (Å²) in [7, 11) is 0. The van der Waals surface area contributed by atoms with Gasteiger partial charge in [-0.25, -0.2) is 4.79 Å². The number of carboxylic acid groups (broad SMARTS) is 1. The third kappa shape index (κ3) is 4.73. The van der Waals surface area contributed by atoms with Crippen LogP contribution < -0.4 is 4.74 Å². The van der Waals surface area contributed by atoms with Crippen LogP contribution in [-0.4, -0.2) is 30.4 Å². The van der Waals surface area contributed by atoms with Gasteiger partial charge in [-0.05, 0) is 32.0 Å². The van der Waals surface area contributed by atoms with Crippen molar-refractivity contribution in [2.75, 3.05) is 13.2 Å². The van der Waals surface area contributed by atoms with Gasteiger partial charge in [-0.2, -0.15) is 13.2 Å². The zero-order valence-corrected chi connectivity index (χ0v) is 11.0. The maximum absolute atomic E-state index is 12.7. The lowest BCUT2D eigenvalue weighted by Crippen LogP contribution is -2.14. The molecule has 0 heterocycles. The van der Waals surface area contributed by atoms with Gasteiger partial charge in [-0.3, -0.25) is 0 Å². The molecular formula is C13H15F3O4.